The minimum absolute atomic E-state index is 0.302. The lowest BCUT2D eigenvalue weighted by Crippen LogP contribution is -2.50. The van der Waals surface area contributed by atoms with Gasteiger partial charge in [-0.3, -0.25) is 4.79 Å². The first-order chi connectivity index (χ1) is 11.3. The van der Waals surface area contributed by atoms with Crippen LogP contribution in [-0.2, 0) is 4.79 Å². The highest BCUT2D eigenvalue weighted by Crippen LogP contribution is 2.23. The standard InChI is InChI=1S/C18H18FN3OS/c1-12-9-15(6-3-13(12)10-20)22-17(23)18(2,21)11-24-16-7-4-14(19)5-8-16/h3-9H,11,21H2,1-2H3,(H,22,23)/t18-/m0/s1. The van der Waals surface area contributed by atoms with Crippen molar-refractivity contribution in [3.63, 3.8) is 0 Å². The summed E-state index contributed by atoms with van der Waals surface area (Å²) in [4.78, 5) is 13.2. The van der Waals surface area contributed by atoms with Crippen molar-refractivity contribution >= 4 is 23.4 Å². The van der Waals surface area contributed by atoms with Crippen LogP contribution < -0.4 is 11.1 Å². The van der Waals surface area contributed by atoms with Crippen LogP contribution in [0.1, 0.15) is 18.1 Å². The average Bonchev–Trinajstić information content (AvgIpc) is 2.54. The molecule has 2 aromatic rings. The maximum absolute atomic E-state index is 12.9. The second-order valence-corrected chi connectivity index (χ2v) is 6.80. The molecule has 0 spiro atoms. The van der Waals surface area contributed by atoms with Gasteiger partial charge in [0.2, 0.25) is 5.91 Å². The van der Waals surface area contributed by atoms with Crippen molar-refractivity contribution in [1.82, 2.24) is 0 Å². The van der Waals surface area contributed by atoms with E-state index in [2.05, 4.69) is 11.4 Å². The van der Waals surface area contributed by atoms with Gasteiger partial charge in [0.15, 0.2) is 0 Å². The van der Waals surface area contributed by atoms with E-state index in [1.807, 2.05) is 0 Å². The Hall–Kier alpha value is -2.36. The van der Waals surface area contributed by atoms with Crippen molar-refractivity contribution in [3.8, 4) is 6.07 Å². The van der Waals surface area contributed by atoms with E-state index in [1.54, 1.807) is 44.2 Å². The Morgan fingerprint density at radius 2 is 2.00 bits per heavy atom. The van der Waals surface area contributed by atoms with Crippen LogP contribution in [0, 0.1) is 24.1 Å². The summed E-state index contributed by atoms with van der Waals surface area (Å²) in [6.45, 7) is 3.45. The predicted octanol–water partition coefficient (Wildman–Crippen LogP) is 3.45. The normalized spacial score (nSPS) is 13.0. The molecule has 0 saturated heterocycles. The Labute approximate surface area is 144 Å². The second-order valence-electron chi connectivity index (χ2n) is 5.76. The molecule has 0 aliphatic carbocycles. The molecule has 1 atom stereocenters. The molecular weight excluding hydrogens is 325 g/mol. The summed E-state index contributed by atoms with van der Waals surface area (Å²) in [5.41, 5.74) is 6.97. The van der Waals surface area contributed by atoms with Gasteiger partial charge in [0, 0.05) is 16.3 Å². The third kappa shape index (κ3) is 4.57. The smallest absolute Gasteiger partial charge is 0.245 e. The summed E-state index contributed by atoms with van der Waals surface area (Å²) in [7, 11) is 0. The average molecular weight is 343 g/mol. The first-order valence-corrected chi connectivity index (χ1v) is 8.30. The fourth-order valence-corrected chi connectivity index (χ4v) is 2.90. The molecule has 0 saturated carbocycles. The molecule has 0 fully saturated rings. The number of halogens is 1. The Morgan fingerprint density at radius 1 is 1.33 bits per heavy atom. The van der Waals surface area contributed by atoms with Gasteiger partial charge in [-0.2, -0.15) is 5.26 Å². The number of nitrogens with two attached hydrogens (primary N) is 1. The lowest BCUT2D eigenvalue weighted by atomic mass is 10.1. The van der Waals surface area contributed by atoms with Crippen LogP contribution in [0.4, 0.5) is 10.1 Å². The number of amides is 1. The minimum atomic E-state index is -1.10. The molecule has 0 heterocycles. The zero-order valence-electron chi connectivity index (χ0n) is 13.5. The van der Waals surface area contributed by atoms with Crippen molar-refractivity contribution in [2.75, 3.05) is 11.1 Å². The Kier molecular flexibility index (Phi) is 5.60. The highest BCUT2D eigenvalue weighted by atomic mass is 32.2. The molecule has 3 N–H and O–H groups in total. The van der Waals surface area contributed by atoms with Gasteiger partial charge in [0.05, 0.1) is 11.6 Å². The highest BCUT2D eigenvalue weighted by molar-refractivity contribution is 7.99. The molecule has 0 aromatic heterocycles. The summed E-state index contributed by atoms with van der Waals surface area (Å²) >= 11 is 1.39. The highest BCUT2D eigenvalue weighted by Gasteiger charge is 2.28. The van der Waals surface area contributed by atoms with Gasteiger partial charge in [-0.1, -0.05) is 0 Å². The maximum Gasteiger partial charge on any atom is 0.245 e. The Bertz CT molecular complexity index is 782. The van der Waals surface area contributed by atoms with Crippen LogP contribution >= 0.6 is 11.8 Å². The molecule has 4 nitrogen and oxygen atoms in total. The molecule has 24 heavy (non-hydrogen) atoms. The number of thioether (sulfide) groups is 1. The molecule has 2 rings (SSSR count). The van der Waals surface area contributed by atoms with E-state index in [1.165, 1.54) is 23.9 Å². The van der Waals surface area contributed by atoms with Gasteiger partial charge < -0.3 is 11.1 Å². The maximum atomic E-state index is 12.9. The number of nitrogens with zero attached hydrogens (tertiary/aromatic N) is 1. The van der Waals surface area contributed by atoms with Gasteiger partial charge in [-0.15, -0.1) is 11.8 Å². The van der Waals surface area contributed by atoms with Crippen molar-refractivity contribution in [2.24, 2.45) is 5.73 Å². The first kappa shape index (κ1) is 18.0. The van der Waals surface area contributed by atoms with Gasteiger partial charge in [-0.05, 0) is 61.9 Å². The number of carbonyl (C=O) groups is 1. The van der Waals surface area contributed by atoms with E-state index >= 15 is 0 Å². The fourth-order valence-electron chi connectivity index (χ4n) is 1.97. The quantitative estimate of drug-likeness (QED) is 0.815. The Morgan fingerprint density at radius 3 is 2.58 bits per heavy atom. The van der Waals surface area contributed by atoms with E-state index in [0.29, 0.717) is 17.0 Å². The van der Waals surface area contributed by atoms with Crippen LogP contribution in [0.25, 0.3) is 0 Å². The van der Waals surface area contributed by atoms with Crippen LogP contribution in [0.15, 0.2) is 47.4 Å². The lowest BCUT2D eigenvalue weighted by Gasteiger charge is -2.23. The number of hydrogen-bond donors (Lipinski definition) is 2. The number of nitrogens with one attached hydrogen (secondary N) is 1. The summed E-state index contributed by atoms with van der Waals surface area (Å²) in [6, 6.07) is 13.2. The minimum Gasteiger partial charge on any atom is -0.324 e. The fraction of sp³-hybridized carbons (Fsp3) is 0.222. The number of nitriles is 1. The molecule has 0 radical (unpaired) electrons. The largest absolute Gasteiger partial charge is 0.324 e. The van der Waals surface area contributed by atoms with Gasteiger partial charge in [-0.25, -0.2) is 4.39 Å². The van der Waals surface area contributed by atoms with Crippen molar-refractivity contribution in [1.29, 1.82) is 5.26 Å². The number of aryl methyl sites for hydroxylation is 1. The molecule has 1 amide bonds. The zero-order chi connectivity index (χ0) is 17.7. The van der Waals surface area contributed by atoms with E-state index in [9.17, 15) is 9.18 Å². The summed E-state index contributed by atoms with van der Waals surface area (Å²) < 4.78 is 12.9. The van der Waals surface area contributed by atoms with Crippen LogP contribution in [0.3, 0.4) is 0 Å². The zero-order valence-corrected chi connectivity index (χ0v) is 14.3. The van der Waals surface area contributed by atoms with Crippen LogP contribution in [0.5, 0.6) is 0 Å². The summed E-state index contributed by atoms with van der Waals surface area (Å²) in [5, 5.41) is 11.7. The predicted molar refractivity (Wildman–Crippen MR) is 94.2 cm³/mol. The number of anilines is 1. The van der Waals surface area contributed by atoms with E-state index in [4.69, 9.17) is 11.0 Å². The number of hydrogen-bond acceptors (Lipinski definition) is 4. The number of benzene rings is 2. The first-order valence-electron chi connectivity index (χ1n) is 7.31. The lowest BCUT2D eigenvalue weighted by molar-refractivity contribution is -0.119. The van der Waals surface area contributed by atoms with Crippen LogP contribution in [0.2, 0.25) is 0 Å². The van der Waals surface area contributed by atoms with Crippen LogP contribution in [-0.4, -0.2) is 17.2 Å². The molecule has 0 aliphatic rings. The van der Waals surface area contributed by atoms with Gasteiger partial charge in [0.25, 0.3) is 0 Å². The number of carbonyl (C=O) groups excluding carboxylic acids is 1. The Balaban J connectivity index is 2.00. The third-order valence-corrected chi connectivity index (χ3v) is 4.83. The topological polar surface area (TPSA) is 78.9 Å². The van der Waals surface area contributed by atoms with E-state index in [0.717, 1.165) is 10.5 Å². The van der Waals surface area contributed by atoms with E-state index < -0.39 is 5.54 Å². The summed E-state index contributed by atoms with van der Waals surface area (Å²) in [6.07, 6.45) is 0. The van der Waals surface area contributed by atoms with Crippen molar-refractivity contribution in [2.45, 2.75) is 24.3 Å². The van der Waals surface area contributed by atoms with Gasteiger partial charge >= 0.3 is 0 Å². The third-order valence-electron chi connectivity index (χ3n) is 3.48. The van der Waals surface area contributed by atoms with Gasteiger partial charge in [0.1, 0.15) is 11.4 Å². The molecule has 0 aliphatic heterocycles. The molecule has 0 bridgehead atoms. The molecular formula is C18H18FN3OS. The van der Waals surface area contributed by atoms with E-state index in [-0.39, 0.29) is 11.7 Å². The monoisotopic (exact) mass is 343 g/mol. The number of rotatable bonds is 5. The molecule has 124 valence electrons. The molecule has 6 heteroatoms. The second kappa shape index (κ2) is 7.47. The molecule has 0 unspecified atom stereocenters. The van der Waals surface area contributed by atoms with Crippen molar-refractivity contribution < 1.29 is 9.18 Å². The SMILES string of the molecule is Cc1cc(NC(=O)[C@@](C)(N)CSc2ccc(F)cc2)ccc1C#N. The van der Waals surface area contributed by atoms with Crippen molar-refractivity contribution in [3.05, 3.63) is 59.4 Å². The summed E-state index contributed by atoms with van der Waals surface area (Å²) in [5.74, 6) is -0.273. The molecule has 2 aromatic carbocycles.